The summed E-state index contributed by atoms with van der Waals surface area (Å²) in [4.78, 5) is 22.9. The molecule has 0 saturated heterocycles. The number of aliphatic carboxylic acids is 1. The van der Waals surface area contributed by atoms with Crippen molar-refractivity contribution in [3.05, 3.63) is 34.9 Å². The zero-order chi connectivity index (χ0) is 17.1. The maximum absolute atomic E-state index is 13.8. The molecule has 0 amide bonds. The van der Waals surface area contributed by atoms with E-state index in [-0.39, 0.29) is 17.9 Å². The van der Waals surface area contributed by atoms with E-state index in [1.165, 1.54) is 6.07 Å². The van der Waals surface area contributed by atoms with E-state index < -0.39 is 24.0 Å². The molecule has 0 aliphatic heterocycles. The van der Waals surface area contributed by atoms with Crippen molar-refractivity contribution in [2.24, 2.45) is 5.92 Å². The number of aryl methyl sites for hydroxylation is 2. The summed E-state index contributed by atoms with van der Waals surface area (Å²) in [5.74, 6) is -7.61. The van der Waals surface area contributed by atoms with Crippen LogP contribution in [0, 0.1) is 19.8 Å². The lowest BCUT2D eigenvalue weighted by molar-refractivity contribution is -0.183. The summed E-state index contributed by atoms with van der Waals surface area (Å²) in [6.07, 6.45) is -2.24. The zero-order valence-electron chi connectivity index (χ0n) is 13.0. The van der Waals surface area contributed by atoms with E-state index in [0.29, 0.717) is 5.56 Å². The van der Waals surface area contributed by atoms with Gasteiger partial charge in [-0.15, -0.1) is 0 Å². The van der Waals surface area contributed by atoms with Crippen molar-refractivity contribution in [2.75, 3.05) is 0 Å². The lowest BCUT2D eigenvalue weighted by Crippen LogP contribution is -2.45. The Kier molecular flexibility index (Phi) is 5.63. The second-order valence-electron chi connectivity index (χ2n) is 5.77. The second kappa shape index (κ2) is 6.85. The number of carboxylic acid groups (broad SMARTS) is 1. The highest BCUT2D eigenvalue weighted by Gasteiger charge is 2.50. The molecule has 0 saturated carbocycles. The highest BCUT2D eigenvalue weighted by molar-refractivity contribution is 5.91. The van der Waals surface area contributed by atoms with Gasteiger partial charge < -0.3 is 9.84 Å². The van der Waals surface area contributed by atoms with Crippen LogP contribution in [0.4, 0.5) is 8.78 Å². The van der Waals surface area contributed by atoms with Gasteiger partial charge in [0.1, 0.15) is 0 Å². The van der Waals surface area contributed by atoms with Gasteiger partial charge in [0.05, 0.1) is 5.56 Å². The number of carboxylic acids is 1. The molecule has 0 fully saturated rings. The second-order valence-corrected chi connectivity index (χ2v) is 5.77. The van der Waals surface area contributed by atoms with Crippen LogP contribution in [0.15, 0.2) is 18.2 Å². The predicted molar refractivity (Wildman–Crippen MR) is 77.2 cm³/mol. The maximum atomic E-state index is 13.8. The number of halogens is 2. The first kappa shape index (κ1) is 18.1. The van der Waals surface area contributed by atoms with Crippen LogP contribution in [0.1, 0.15) is 41.8 Å². The Morgan fingerprint density at radius 1 is 1.27 bits per heavy atom. The van der Waals surface area contributed by atoms with Gasteiger partial charge in [-0.3, -0.25) is 0 Å². The molecule has 0 aliphatic carbocycles. The van der Waals surface area contributed by atoms with E-state index in [1.54, 1.807) is 39.8 Å². The van der Waals surface area contributed by atoms with Gasteiger partial charge in [-0.05, 0) is 37.8 Å². The fourth-order valence-corrected chi connectivity index (χ4v) is 1.98. The maximum Gasteiger partial charge on any atom is 0.378 e. The Balaban J connectivity index is 3.06. The van der Waals surface area contributed by atoms with Crippen molar-refractivity contribution in [1.29, 1.82) is 0 Å². The number of rotatable bonds is 6. The van der Waals surface area contributed by atoms with Crippen LogP contribution in [-0.2, 0) is 9.53 Å². The van der Waals surface area contributed by atoms with Crippen LogP contribution in [0.25, 0.3) is 0 Å². The minimum atomic E-state index is -4.13. The van der Waals surface area contributed by atoms with Gasteiger partial charge >= 0.3 is 17.9 Å². The normalized spacial score (nSPS) is 13.0. The Morgan fingerprint density at radius 3 is 2.36 bits per heavy atom. The fraction of sp³-hybridized carbons (Fsp3) is 0.500. The lowest BCUT2D eigenvalue weighted by atomic mass is 10.0. The van der Waals surface area contributed by atoms with Crippen LogP contribution >= 0.6 is 0 Å². The largest absolute Gasteiger partial charge is 0.477 e. The molecule has 0 spiro atoms. The van der Waals surface area contributed by atoms with Crippen molar-refractivity contribution in [3.63, 3.8) is 0 Å². The summed E-state index contributed by atoms with van der Waals surface area (Å²) >= 11 is 0. The number of hydrogen-bond acceptors (Lipinski definition) is 3. The monoisotopic (exact) mass is 314 g/mol. The Morgan fingerprint density at radius 2 is 1.86 bits per heavy atom. The van der Waals surface area contributed by atoms with Gasteiger partial charge in [-0.2, -0.15) is 8.78 Å². The molecule has 0 aliphatic rings. The molecule has 0 heterocycles. The van der Waals surface area contributed by atoms with Crippen LogP contribution in [0.5, 0.6) is 0 Å². The highest BCUT2D eigenvalue weighted by atomic mass is 19.3. The van der Waals surface area contributed by atoms with Gasteiger partial charge in [0.15, 0.2) is 6.10 Å². The summed E-state index contributed by atoms with van der Waals surface area (Å²) in [5.41, 5.74) is 1.52. The fourth-order valence-electron chi connectivity index (χ4n) is 1.98. The van der Waals surface area contributed by atoms with E-state index in [2.05, 4.69) is 0 Å². The van der Waals surface area contributed by atoms with E-state index in [9.17, 15) is 18.4 Å². The third-order valence-corrected chi connectivity index (χ3v) is 3.24. The van der Waals surface area contributed by atoms with Crippen molar-refractivity contribution >= 4 is 11.9 Å². The van der Waals surface area contributed by atoms with E-state index in [1.807, 2.05) is 0 Å². The standard InChI is InChI=1S/C16H20F2O4/c1-9(2)7-13(16(17,18)15(20)21)22-14(19)12-8-10(3)5-6-11(12)4/h5-6,8-9,13H,7H2,1-4H3,(H,20,21). The van der Waals surface area contributed by atoms with E-state index in [4.69, 9.17) is 9.84 Å². The van der Waals surface area contributed by atoms with Gasteiger partial charge in [0, 0.05) is 0 Å². The minimum absolute atomic E-state index is 0.162. The molecule has 0 bridgehead atoms. The highest BCUT2D eigenvalue weighted by Crippen LogP contribution is 2.28. The molecular formula is C16H20F2O4. The smallest absolute Gasteiger partial charge is 0.378 e. The average Bonchev–Trinajstić information content (AvgIpc) is 2.39. The zero-order valence-corrected chi connectivity index (χ0v) is 13.0. The van der Waals surface area contributed by atoms with Crippen molar-refractivity contribution in [3.8, 4) is 0 Å². The van der Waals surface area contributed by atoms with Gasteiger partial charge in [0.2, 0.25) is 0 Å². The molecule has 0 aromatic heterocycles. The molecule has 1 aromatic rings. The number of esters is 1. The minimum Gasteiger partial charge on any atom is -0.477 e. The summed E-state index contributed by atoms with van der Waals surface area (Å²) in [6, 6.07) is 4.99. The van der Waals surface area contributed by atoms with Gasteiger partial charge in [0.25, 0.3) is 0 Å². The summed E-state index contributed by atoms with van der Waals surface area (Å²) < 4.78 is 32.3. The van der Waals surface area contributed by atoms with E-state index in [0.717, 1.165) is 5.56 Å². The molecule has 4 nitrogen and oxygen atoms in total. The lowest BCUT2D eigenvalue weighted by Gasteiger charge is -2.25. The third-order valence-electron chi connectivity index (χ3n) is 3.24. The first-order valence-electron chi connectivity index (χ1n) is 6.95. The van der Waals surface area contributed by atoms with E-state index >= 15 is 0 Å². The summed E-state index contributed by atoms with van der Waals surface area (Å²) in [7, 11) is 0. The average molecular weight is 314 g/mol. The predicted octanol–water partition coefficient (Wildman–Crippen LogP) is 3.59. The first-order chi connectivity index (χ1) is 10.1. The number of benzene rings is 1. The van der Waals surface area contributed by atoms with Crippen LogP contribution in [0.2, 0.25) is 0 Å². The quantitative estimate of drug-likeness (QED) is 0.815. The number of hydrogen-bond donors (Lipinski definition) is 1. The molecule has 1 unspecified atom stereocenters. The number of alkyl halides is 2. The molecular weight excluding hydrogens is 294 g/mol. The van der Waals surface area contributed by atoms with Crippen molar-refractivity contribution < 1.29 is 28.2 Å². The number of ether oxygens (including phenoxy) is 1. The summed E-state index contributed by atoms with van der Waals surface area (Å²) in [6.45, 7) is 6.71. The molecule has 1 aromatic carbocycles. The van der Waals surface area contributed by atoms with Gasteiger partial charge in [-0.25, -0.2) is 9.59 Å². The van der Waals surface area contributed by atoms with Crippen LogP contribution < -0.4 is 0 Å². The van der Waals surface area contributed by atoms with Crippen LogP contribution in [0.3, 0.4) is 0 Å². The molecule has 122 valence electrons. The molecule has 22 heavy (non-hydrogen) atoms. The summed E-state index contributed by atoms with van der Waals surface area (Å²) in [5, 5.41) is 8.67. The Labute approximate surface area is 128 Å². The topological polar surface area (TPSA) is 63.6 Å². The SMILES string of the molecule is Cc1ccc(C)c(C(=O)OC(CC(C)C)C(F)(F)C(=O)O)c1. The van der Waals surface area contributed by atoms with Gasteiger partial charge in [-0.1, -0.05) is 31.5 Å². The Bertz CT molecular complexity index is 567. The number of carbonyl (C=O) groups excluding carboxylic acids is 1. The Hall–Kier alpha value is -1.98. The molecule has 0 radical (unpaired) electrons. The number of carbonyl (C=O) groups is 2. The molecule has 6 heteroatoms. The molecule has 1 N–H and O–H groups in total. The molecule has 1 rings (SSSR count). The van der Waals surface area contributed by atoms with Crippen molar-refractivity contribution in [2.45, 2.75) is 46.1 Å². The third kappa shape index (κ3) is 4.26. The van der Waals surface area contributed by atoms with Crippen molar-refractivity contribution in [1.82, 2.24) is 0 Å². The van der Waals surface area contributed by atoms with Crippen LogP contribution in [-0.4, -0.2) is 29.1 Å². The molecule has 1 atom stereocenters. The first-order valence-corrected chi connectivity index (χ1v) is 6.95.